The van der Waals surface area contributed by atoms with Gasteiger partial charge in [-0.1, -0.05) is 42.0 Å². The van der Waals surface area contributed by atoms with E-state index in [9.17, 15) is 14.7 Å². The van der Waals surface area contributed by atoms with Gasteiger partial charge in [0.25, 0.3) is 0 Å². The zero-order chi connectivity index (χ0) is 24.1. The fourth-order valence-corrected chi connectivity index (χ4v) is 5.14. The Morgan fingerprint density at radius 2 is 1.82 bits per heavy atom. The van der Waals surface area contributed by atoms with Crippen LogP contribution in [-0.4, -0.2) is 71.7 Å². The van der Waals surface area contributed by atoms with Gasteiger partial charge < -0.3 is 20.1 Å². The van der Waals surface area contributed by atoms with Crippen LogP contribution in [0, 0.1) is 6.92 Å². The molecule has 2 saturated heterocycles. The Morgan fingerprint density at radius 1 is 1.09 bits per heavy atom. The molecule has 0 saturated carbocycles. The van der Waals surface area contributed by atoms with Crippen molar-refractivity contribution in [1.29, 1.82) is 0 Å². The van der Waals surface area contributed by atoms with Crippen molar-refractivity contribution in [2.24, 2.45) is 0 Å². The van der Waals surface area contributed by atoms with E-state index in [0.29, 0.717) is 39.0 Å². The molecule has 182 valence electrons. The van der Waals surface area contributed by atoms with Crippen LogP contribution < -0.4 is 10.1 Å². The number of β-amino-alcohol motifs (C(OH)–C–C–N with tert-alkyl or cyclic N) is 1. The van der Waals surface area contributed by atoms with Crippen molar-refractivity contribution in [1.82, 2.24) is 15.1 Å². The number of aliphatic hydroxyl groups is 1. The van der Waals surface area contributed by atoms with Gasteiger partial charge in [0.05, 0.1) is 25.7 Å². The molecule has 2 N–H and O–H groups in total. The van der Waals surface area contributed by atoms with E-state index in [1.165, 1.54) is 0 Å². The number of aryl methyl sites for hydroxylation is 1. The van der Waals surface area contributed by atoms with Crippen LogP contribution in [0.1, 0.15) is 36.0 Å². The maximum absolute atomic E-state index is 13.0. The van der Waals surface area contributed by atoms with Crippen LogP contribution in [0.4, 0.5) is 0 Å². The fraction of sp³-hybridized carbons (Fsp3) is 0.481. The molecule has 0 radical (unpaired) electrons. The summed E-state index contributed by atoms with van der Waals surface area (Å²) in [6, 6.07) is 15.6. The van der Waals surface area contributed by atoms with Crippen LogP contribution in [-0.2, 0) is 22.6 Å². The minimum absolute atomic E-state index is 0.0580. The fourth-order valence-electron chi connectivity index (χ4n) is 5.14. The maximum Gasteiger partial charge on any atom is 0.237 e. The number of nitrogens with one attached hydrogen (secondary N) is 1. The van der Waals surface area contributed by atoms with Crippen molar-refractivity contribution in [3.8, 4) is 5.75 Å². The molecule has 0 aromatic heterocycles. The van der Waals surface area contributed by atoms with Crippen molar-refractivity contribution < 1.29 is 19.4 Å². The summed E-state index contributed by atoms with van der Waals surface area (Å²) in [5, 5.41) is 13.4. The van der Waals surface area contributed by atoms with Gasteiger partial charge in [-0.15, -0.1) is 0 Å². The van der Waals surface area contributed by atoms with Gasteiger partial charge in [-0.25, -0.2) is 0 Å². The third-order valence-electron chi connectivity index (χ3n) is 6.94. The SMILES string of the molecule is COc1cccc(CNC(=O)[C@@H]2C[C@@H](O)CN2C2CCN(C(=O)Cc3cccc(C)c3)CC2)c1. The van der Waals surface area contributed by atoms with E-state index in [1.807, 2.05) is 54.3 Å². The first-order chi connectivity index (χ1) is 16.4. The van der Waals surface area contributed by atoms with Crippen molar-refractivity contribution in [2.75, 3.05) is 26.7 Å². The molecule has 4 rings (SSSR count). The zero-order valence-electron chi connectivity index (χ0n) is 20.1. The number of likely N-dealkylation sites (tertiary alicyclic amines) is 2. The predicted molar refractivity (Wildman–Crippen MR) is 130 cm³/mol. The minimum Gasteiger partial charge on any atom is -0.497 e. The van der Waals surface area contributed by atoms with E-state index in [0.717, 1.165) is 35.3 Å². The first-order valence-electron chi connectivity index (χ1n) is 12.1. The second kappa shape index (κ2) is 11.0. The Hall–Kier alpha value is -2.90. The lowest BCUT2D eigenvalue weighted by Crippen LogP contribution is -2.52. The lowest BCUT2D eigenvalue weighted by Gasteiger charge is -2.39. The summed E-state index contributed by atoms with van der Waals surface area (Å²) < 4.78 is 5.25. The van der Waals surface area contributed by atoms with Gasteiger partial charge in [0, 0.05) is 32.2 Å². The highest BCUT2D eigenvalue weighted by molar-refractivity contribution is 5.82. The third kappa shape index (κ3) is 5.96. The molecule has 2 aliphatic rings. The van der Waals surface area contributed by atoms with Gasteiger partial charge in [0.15, 0.2) is 0 Å². The van der Waals surface area contributed by atoms with E-state index < -0.39 is 6.10 Å². The molecule has 2 fully saturated rings. The summed E-state index contributed by atoms with van der Waals surface area (Å²) >= 11 is 0. The zero-order valence-corrected chi connectivity index (χ0v) is 20.1. The summed E-state index contributed by atoms with van der Waals surface area (Å²) in [5.41, 5.74) is 3.17. The van der Waals surface area contributed by atoms with Gasteiger partial charge >= 0.3 is 0 Å². The number of piperidine rings is 1. The number of nitrogens with zero attached hydrogens (tertiary/aromatic N) is 2. The molecule has 2 aromatic rings. The summed E-state index contributed by atoms with van der Waals surface area (Å²) in [6.07, 6.45) is 1.98. The van der Waals surface area contributed by atoms with Crippen molar-refractivity contribution in [2.45, 2.75) is 57.3 Å². The molecule has 0 spiro atoms. The average molecular weight is 466 g/mol. The normalized spacial score (nSPS) is 21.4. The number of aliphatic hydroxyl groups excluding tert-OH is 1. The molecule has 0 bridgehead atoms. The maximum atomic E-state index is 13.0. The molecule has 7 heteroatoms. The Kier molecular flexibility index (Phi) is 7.85. The molecule has 2 atom stereocenters. The third-order valence-corrected chi connectivity index (χ3v) is 6.94. The minimum atomic E-state index is -0.506. The topological polar surface area (TPSA) is 82.1 Å². The highest BCUT2D eigenvalue weighted by atomic mass is 16.5. The molecular formula is C27H35N3O4. The molecule has 2 aliphatic heterocycles. The predicted octanol–water partition coefficient (Wildman–Crippen LogP) is 2.29. The molecule has 2 heterocycles. The van der Waals surface area contributed by atoms with E-state index in [4.69, 9.17) is 4.74 Å². The van der Waals surface area contributed by atoms with Crippen LogP contribution in [0.5, 0.6) is 5.75 Å². The summed E-state index contributed by atoms with van der Waals surface area (Å²) in [5.74, 6) is 0.851. The second-order valence-electron chi connectivity index (χ2n) is 9.45. The number of carbonyl (C=O) groups is 2. The van der Waals surface area contributed by atoms with E-state index in [2.05, 4.69) is 16.3 Å². The summed E-state index contributed by atoms with van der Waals surface area (Å²) in [6.45, 7) is 4.31. The number of amides is 2. The molecule has 34 heavy (non-hydrogen) atoms. The molecular weight excluding hydrogens is 430 g/mol. The highest BCUT2D eigenvalue weighted by Crippen LogP contribution is 2.27. The monoisotopic (exact) mass is 465 g/mol. The van der Waals surface area contributed by atoms with Gasteiger partial charge in [-0.2, -0.15) is 0 Å². The van der Waals surface area contributed by atoms with Crippen molar-refractivity contribution in [3.05, 3.63) is 65.2 Å². The molecule has 0 aliphatic carbocycles. The van der Waals surface area contributed by atoms with Crippen LogP contribution in [0.2, 0.25) is 0 Å². The molecule has 2 aromatic carbocycles. The highest BCUT2D eigenvalue weighted by Gasteiger charge is 2.40. The lowest BCUT2D eigenvalue weighted by atomic mass is 10.0. The number of ether oxygens (including phenoxy) is 1. The molecule has 7 nitrogen and oxygen atoms in total. The van der Waals surface area contributed by atoms with Crippen LogP contribution in [0.3, 0.4) is 0 Å². The van der Waals surface area contributed by atoms with Gasteiger partial charge in [0.1, 0.15) is 5.75 Å². The van der Waals surface area contributed by atoms with Gasteiger partial charge in [-0.05, 0) is 49.4 Å². The standard InChI is InChI=1S/C27H35N3O4/c1-19-5-3-6-20(13-19)15-26(32)29-11-9-22(10-12-29)30-18-23(31)16-25(30)27(33)28-17-21-7-4-8-24(14-21)34-2/h3-8,13-14,22-23,25,31H,9-12,15-18H2,1-2H3,(H,28,33)/t23-,25+/m1/s1. The van der Waals surface area contributed by atoms with Crippen molar-refractivity contribution >= 4 is 11.8 Å². The summed E-state index contributed by atoms with van der Waals surface area (Å²) in [7, 11) is 1.62. The van der Waals surface area contributed by atoms with Gasteiger partial charge in [-0.3, -0.25) is 14.5 Å². The average Bonchev–Trinajstić information content (AvgIpc) is 3.24. The number of carbonyl (C=O) groups excluding carboxylic acids is 2. The number of rotatable bonds is 7. The quantitative estimate of drug-likeness (QED) is 0.656. The molecule has 0 unspecified atom stereocenters. The van der Waals surface area contributed by atoms with E-state index in [1.54, 1.807) is 7.11 Å². The van der Waals surface area contributed by atoms with Crippen LogP contribution in [0.25, 0.3) is 0 Å². The molecule has 2 amide bonds. The smallest absolute Gasteiger partial charge is 0.237 e. The number of methoxy groups -OCH3 is 1. The summed E-state index contributed by atoms with van der Waals surface area (Å²) in [4.78, 5) is 29.9. The Labute approximate surface area is 201 Å². The number of hydrogen-bond donors (Lipinski definition) is 2. The largest absolute Gasteiger partial charge is 0.497 e. The van der Waals surface area contributed by atoms with Gasteiger partial charge in [0.2, 0.25) is 11.8 Å². The Bertz CT molecular complexity index is 1000. The number of hydrogen-bond acceptors (Lipinski definition) is 5. The number of benzene rings is 2. The van der Waals surface area contributed by atoms with E-state index in [-0.39, 0.29) is 23.9 Å². The van der Waals surface area contributed by atoms with Crippen molar-refractivity contribution in [3.63, 3.8) is 0 Å². The van der Waals surface area contributed by atoms with Crippen LogP contribution in [0.15, 0.2) is 48.5 Å². The second-order valence-corrected chi connectivity index (χ2v) is 9.45. The Balaban J connectivity index is 1.30. The lowest BCUT2D eigenvalue weighted by molar-refractivity contribution is -0.133. The first kappa shape index (κ1) is 24.2. The Morgan fingerprint density at radius 3 is 2.56 bits per heavy atom. The first-order valence-corrected chi connectivity index (χ1v) is 12.1. The van der Waals surface area contributed by atoms with E-state index >= 15 is 0 Å². The van der Waals surface area contributed by atoms with Crippen LogP contribution >= 0.6 is 0 Å².